The second kappa shape index (κ2) is 7.50. The predicted molar refractivity (Wildman–Crippen MR) is 76.4 cm³/mol. The van der Waals surface area contributed by atoms with Crippen LogP contribution in [0.4, 0.5) is 4.79 Å². The number of amides is 2. The first-order valence-corrected chi connectivity index (χ1v) is 7.89. The molecule has 2 rings (SSSR count). The minimum atomic E-state index is -0.676. The molecule has 2 fully saturated rings. The van der Waals surface area contributed by atoms with Crippen LogP contribution in [0.5, 0.6) is 0 Å². The molecule has 3 N–H and O–H groups in total. The van der Waals surface area contributed by atoms with Crippen LogP contribution in [0.15, 0.2) is 0 Å². The fraction of sp³-hybridized carbons (Fsp3) is 0.867. The lowest BCUT2D eigenvalue weighted by Gasteiger charge is -2.26. The number of rotatable bonds is 6. The Morgan fingerprint density at radius 2 is 1.65 bits per heavy atom. The summed E-state index contributed by atoms with van der Waals surface area (Å²) < 4.78 is 0. The summed E-state index contributed by atoms with van der Waals surface area (Å²) in [7, 11) is 0. The van der Waals surface area contributed by atoms with Gasteiger partial charge in [0.2, 0.25) is 0 Å². The molecule has 0 bridgehead atoms. The van der Waals surface area contributed by atoms with Crippen molar-refractivity contribution >= 4 is 12.0 Å². The molecule has 114 valence electrons. The second-order valence-electron chi connectivity index (χ2n) is 6.28. The molecule has 0 atom stereocenters. The molecule has 0 aromatic carbocycles. The fourth-order valence-electron chi connectivity index (χ4n) is 3.08. The van der Waals surface area contributed by atoms with Crippen LogP contribution in [0.3, 0.4) is 0 Å². The SMILES string of the molecule is O=C(NCCC1CCC1)NCC1CCC(C(=O)O)CC1. The first-order valence-electron chi connectivity index (χ1n) is 7.89. The largest absolute Gasteiger partial charge is 0.481 e. The van der Waals surface area contributed by atoms with E-state index in [1.807, 2.05) is 0 Å². The monoisotopic (exact) mass is 282 g/mol. The van der Waals surface area contributed by atoms with Gasteiger partial charge in [0, 0.05) is 13.1 Å². The molecule has 0 spiro atoms. The third-order valence-electron chi connectivity index (χ3n) is 4.81. The number of carbonyl (C=O) groups is 2. The summed E-state index contributed by atoms with van der Waals surface area (Å²) in [6, 6.07) is -0.0790. The van der Waals surface area contributed by atoms with Crippen LogP contribution in [0, 0.1) is 17.8 Å². The number of urea groups is 1. The van der Waals surface area contributed by atoms with Crippen molar-refractivity contribution in [3.05, 3.63) is 0 Å². The summed E-state index contributed by atoms with van der Waals surface area (Å²) in [5.74, 6) is 0.400. The first kappa shape index (κ1) is 15.1. The van der Waals surface area contributed by atoms with Gasteiger partial charge >= 0.3 is 12.0 Å². The number of hydrogen-bond donors (Lipinski definition) is 3. The molecule has 2 amide bonds. The highest BCUT2D eigenvalue weighted by Crippen LogP contribution is 2.29. The number of carbonyl (C=O) groups excluding carboxylic acids is 1. The molecular weight excluding hydrogens is 256 g/mol. The average Bonchev–Trinajstić information content (AvgIpc) is 2.39. The molecule has 20 heavy (non-hydrogen) atoms. The Bertz CT molecular complexity index is 334. The van der Waals surface area contributed by atoms with Gasteiger partial charge in [0.25, 0.3) is 0 Å². The quantitative estimate of drug-likeness (QED) is 0.700. The van der Waals surface area contributed by atoms with Gasteiger partial charge in [-0.1, -0.05) is 19.3 Å². The van der Waals surface area contributed by atoms with E-state index in [0.29, 0.717) is 12.5 Å². The van der Waals surface area contributed by atoms with Crippen LogP contribution < -0.4 is 10.6 Å². The normalized spacial score (nSPS) is 26.6. The van der Waals surface area contributed by atoms with E-state index < -0.39 is 5.97 Å². The second-order valence-corrected chi connectivity index (χ2v) is 6.28. The molecule has 0 aromatic rings. The lowest BCUT2D eigenvalue weighted by Crippen LogP contribution is -2.40. The molecule has 0 aromatic heterocycles. The van der Waals surface area contributed by atoms with E-state index >= 15 is 0 Å². The van der Waals surface area contributed by atoms with Crippen LogP contribution in [-0.4, -0.2) is 30.2 Å². The van der Waals surface area contributed by atoms with Gasteiger partial charge in [0.1, 0.15) is 0 Å². The topological polar surface area (TPSA) is 78.4 Å². The summed E-state index contributed by atoms with van der Waals surface area (Å²) in [6.45, 7) is 1.43. The highest BCUT2D eigenvalue weighted by atomic mass is 16.4. The Labute approximate surface area is 120 Å². The molecular formula is C15H26N2O3. The summed E-state index contributed by atoms with van der Waals surface area (Å²) in [6.07, 6.45) is 8.36. The molecule has 2 aliphatic carbocycles. The van der Waals surface area contributed by atoms with E-state index in [2.05, 4.69) is 10.6 Å². The molecule has 0 radical (unpaired) electrons. The third-order valence-corrected chi connectivity index (χ3v) is 4.81. The van der Waals surface area contributed by atoms with Crippen molar-refractivity contribution in [2.75, 3.05) is 13.1 Å². The molecule has 0 unspecified atom stereocenters. The molecule has 2 aliphatic rings. The zero-order chi connectivity index (χ0) is 14.4. The Hall–Kier alpha value is -1.26. The zero-order valence-corrected chi connectivity index (χ0v) is 12.1. The minimum absolute atomic E-state index is 0.0790. The van der Waals surface area contributed by atoms with E-state index in [4.69, 9.17) is 5.11 Å². The van der Waals surface area contributed by atoms with E-state index in [1.54, 1.807) is 0 Å². The van der Waals surface area contributed by atoms with Crippen molar-refractivity contribution in [3.63, 3.8) is 0 Å². The lowest BCUT2D eigenvalue weighted by atomic mass is 9.82. The molecule has 5 nitrogen and oxygen atoms in total. The lowest BCUT2D eigenvalue weighted by molar-refractivity contribution is -0.143. The van der Waals surface area contributed by atoms with Crippen molar-refractivity contribution in [1.29, 1.82) is 0 Å². The smallest absolute Gasteiger partial charge is 0.314 e. The molecule has 5 heteroatoms. The van der Waals surface area contributed by atoms with Gasteiger partial charge in [0.15, 0.2) is 0 Å². The highest BCUT2D eigenvalue weighted by molar-refractivity contribution is 5.73. The average molecular weight is 282 g/mol. The van der Waals surface area contributed by atoms with Gasteiger partial charge in [-0.3, -0.25) is 4.79 Å². The summed E-state index contributed by atoms with van der Waals surface area (Å²) in [5.41, 5.74) is 0. The standard InChI is InChI=1S/C15H26N2O3/c18-14(19)13-6-4-12(5-7-13)10-17-15(20)16-9-8-11-2-1-3-11/h11-13H,1-10H2,(H,18,19)(H2,16,17,20). The van der Waals surface area contributed by atoms with Crippen LogP contribution in [-0.2, 0) is 4.79 Å². The van der Waals surface area contributed by atoms with E-state index in [-0.39, 0.29) is 11.9 Å². The number of nitrogens with one attached hydrogen (secondary N) is 2. The zero-order valence-electron chi connectivity index (χ0n) is 12.1. The number of aliphatic carboxylic acids is 1. The van der Waals surface area contributed by atoms with Gasteiger partial charge in [-0.15, -0.1) is 0 Å². The Balaban J connectivity index is 1.51. The van der Waals surface area contributed by atoms with Gasteiger partial charge in [-0.05, 0) is 43.9 Å². The first-order chi connectivity index (χ1) is 9.65. The van der Waals surface area contributed by atoms with Crippen molar-refractivity contribution in [2.24, 2.45) is 17.8 Å². The summed E-state index contributed by atoms with van der Waals surface area (Å²) in [5, 5.41) is 14.7. The maximum Gasteiger partial charge on any atom is 0.314 e. The van der Waals surface area contributed by atoms with Crippen LogP contribution in [0.2, 0.25) is 0 Å². The third kappa shape index (κ3) is 4.69. The van der Waals surface area contributed by atoms with Crippen LogP contribution >= 0.6 is 0 Å². The Kier molecular flexibility index (Phi) is 5.68. The van der Waals surface area contributed by atoms with E-state index in [9.17, 15) is 9.59 Å². The van der Waals surface area contributed by atoms with Crippen molar-refractivity contribution in [2.45, 2.75) is 51.4 Å². The van der Waals surface area contributed by atoms with E-state index in [1.165, 1.54) is 19.3 Å². The Morgan fingerprint density at radius 1 is 0.950 bits per heavy atom. The van der Waals surface area contributed by atoms with Crippen LogP contribution in [0.1, 0.15) is 51.4 Å². The number of carboxylic acid groups (broad SMARTS) is 1. The van der Waals surface area contributed by atoms with Crippen LogP contribution in [0.25, 0.3) is 0 Å². The summed E-state index contributed by atoms with van der Waals surface area (Å²) >= 11 is 0. The maximum atomic E-state index is 11.6. The molecule has 0 aliphatic heterocycles. The fourth-order valence-corrected chi connectivity index (χ4v) is 3.08. The van der Waals surface area contributed by atoms with Gasteiger partial charge in [-0.25, -0.2) is 4.79 Å². The number of hydrogen-bond acceptors (Lipinski definition) is 2. The minimum Gasteiger partial charge on any atom is -0.481 e. The van der Waals surface area contributed by atoms with Crippen molar-refractivity contribution in [1.82, 2.24) is 10.6 Å². The van der Waals surface area contributed by atoms with Gasteiger partial charge in [0.05, 0.1) is 5.92 Å². The van der Waals surface area contributed by atoms with Gasteiger partial charge < -0.3 is 15.7 Å². The Morgan fingerprint density at radius 3 is 2.20 bits per heavy atom. The van der Waals surface area contributed by atoms with Gasteiger partial charge in [-0.2, -0.15) is 0 Å². The summed E-state index contributed by atoms with van der Waals surface area (Å²) in [4.78, 5) is 22.5. The van der Waals surface area contributed by atoms with Crippen molar-refractivity contribution < 1.29 is 14.7 Å². The molecule has 0 heterocycles. The maximum absolute atomic E-state index is 11.6. The van der Waals surface area contributed by atoms with Crippen molar-refractivity contribution in [3.8, 4) is 0 Å². The predicted octanol–water partition coefficient (Wildman–Crippen LogP) is 2.37. The van der Waals surface area contributed by atoms with E-state index in [0.717, 1.165) is 44.6 Å². The highest BCUT2D eigenvalue weighted by Gasteiger charge is 2.26. The number of carboxylic acids is 1. The molecule has 0 saturated heterocycles. The molecule has 2 saturated carbocycles.